The van der Waals surface area contributed by atoms with Crippen molar-refractivity contribution in [1.29, 1.82) is 0 Å². The molecular weight excluding hydrogens is 243 g/mol. The van der Waals surface area contributed by atoms with Crippen LogP contribution in [0, 0.1) is 17.2 Å². The topological polar surface area (TPSA) is 37.3 Å². The SMILES string of the molecule is CC(C)(C)C(Cc1cccc(Cl)c1F)C(=O)O. The molecule has 17 heavy (non-hydrogen) atoms. The van der Waals surface area contributed by atoms with E-state index in [2.05, 4.69) is 0 Å². The summed E-state index contributed by atoms with van der Waals surface area (Å²) in [7, 11) is 0. The van der Waals surface area contributed by atoms with E-state index in [1.165, 1.54) is 6.07 Å². The maximum atomic E-state index is 13.7. The summed E-state index contributed by atoms with van der Waals surface area (Å²) in [5, 5.41) is 9.20. The second-order valence-electron chi connectivity index (χ2n) is 5.17. The van der Waals surface area contributed by atoms with Crippen LogP contribution in [0.4, 0.5) is 4.39 Å². The molecule has 1 rings (SSSR count). The van der Waals surface area contributed by atoms with E-state index in [1.807, 2.05) is 20.8 Å². The van der Waals surface area contributed by atoms with Gasteiger partial charge in [0.05, 0.1) is 10.9 Å². The smallest absolute Gasteiger partial charge is 0.307 e. The predicted octanol–water partition coefficient (Wildman–Crippen LogP) is 3.77. The number of halogens is 2. The van der Waals surface area contributed by atoms with E-state index < -0.39 is 23.1 Å². The lowest BCUT2D eigenvalue weighted by molar-refractivity contribution is -0.145. The Bertz CT molecular complexity index is 424. The van der Waals surface area contributed by atoms with Crippen molar-refractivity contribution in [2.75, 3.05) is 0 Å². The maximum Gasteiger partial charge on any atom is 0.307 e. The van der Waals surface area contributed by atoms with Gasteiger partial charge in [0.25, 0.3) is 0 Å². The first-order valence-electron chi connectivity index (χ1n) is 5.39. The fourth-order valence-electron chi connectivity index (χ4n) is 1.69. The minimum Gasteiger partial charge on any atom is -0.481 e. The van der Waals surface area contributed by atoms with Crippen LogP contribution in [-0.4, -0.2) is 11.1 Å². The van der Waals surface area contributed by atoms with Crippen LogP contribution in [0.15, 0.2) is 18.2 Å². The van der Waals surface area contributed by atoms with Gasteiger partial charge in [0.2, 0.25) is 0 Å². The predicted molar refractivity (Wildman–Crippen MR) is 65.7 cm³/mol. The summed E-state index contributed by atoms with van der Waals surface area (Å²) >= 11 is 5.67. The number of rotatable bonds is 3. The second-order valence-corrected chi connectivity index (χ2v) is 5.58. The van der Waals surface area contributed by atoms with Gasteiger partial charge in [-0.25, -0.2) is 4.39 Å². The van der Waals surface area contributed by atoms with Crippen LogP contribution in [0.3, 0.4) is 0 Å². The fraction of sp³-hybridized carbons (Fsp3) is 0.462. The molecule has 0 amide bonds. The third-order valence-corrected chi connectivity index (χ3v) is 3.09. The fourth-order valence-corrected chi connectivity index (χ4v) is 1.88. The number of hydrogen-bond donors (Lipinski definition) is 1. The van der Waals surface area contributed by atoms with Gasteiger partial charge in [-0.05, 0) is 23.5 Å². The Hall–Kier alpha value is -1.09. The lowest BCUT2D eigenvalue weighted by Gasteiger charge is -2.27. The van der Waals surface area contributed by atoms with Gasteiger partial charge in [0, 0.05) is 0 Å². The van der Waals surface area contributed by atoms with Crippen molar-refractivity contribution in [2.24, 2.45) is 11.3 Å². The Morgan fingerprint density at radius 3 is 2.53 bits per heavy atom. The number of carboxylic acids is 1. The van der Waals surface area contributed by atoms with E-state index in [0.29, 0.717) is 5.56 Å². The first kappa shape index (κ1) is 14.0. The summed E-state index contributed by atoms with van der Waals surface area (Å²) < 4.78 is 13.7. The Balaban J connectivity index is 3.03. The van der Waals surface area contributed by atoms with Gasteiger partial charge in [0.1, 0.15) is 5.82 Å². The van der Waals surface area contributed by atoms with E-state index in [0.717, 1.165) is 0 Å². The standard InChI is InChI=1S/C13H16ClFO2/c1-13(2,3)9(12(16)17)7-8-5-4-6-10(14)11(8)15/h4-6,9H,7H2,1-3H3,(H,16,17). The lowest BCUT2D eigenvalue weighted by Crippen LogP contribution is -2.30. The largest absolute Gasteiger partial charge is 0.481 e. The Morgan fingerprint density at radius 2 is 2.06 bits per heavy atom. The van der Waals surface area contributed by atoms with Crippen molar-refractivity contribution in [3.8, 4) is 0 Å². The number of aliphatic carboxylic acids is 1. The molecule has 94 valence electrons. The van der Waals surface area contributed by atoms with Crippen molar-refractivity contribution in [2.45, 2.75) is 27.2 Å². The van der Waals surface area contributed by atoms with Gasteiger partial charge in [-0.15, -0.1) is 0 Å². The molecule has 0 saturated carbocycles. The highest BCUT2D eigenvalue weighted by Gasteiger charge is 2.32. The molecule has 1 atom stereocenters. The van der Waals surface area contributed by atoms with Gasteiger partial charge in [-0.1, -0.05) is 44.5 Å². The summed E-state index contributed by atoms with van der Waals surface area (Å²) in [4.78, 5) is 11.2. The Labute approximate surface area is 105 Å². The van der Waals surface area contributed by atoms with Crippen molar-refractivity contribution in [1.82, 2.24) is 0 Å². The molecule has 0 radical (unpaired) electrons. The Kier molecular flexibility index (Phi) is 4.15. The van der Waals surface area contributed by atoms with Gasteiger partial charge in [-0.3, -0.25) is 4.79 Å². The van der Waals surface area contributed by atoms with Crippen LogP contribution in [0.1, 0.15) is 26.3 Å². The minimum absolute atomic E-state index is 0.0283. The van der Waals surface area contributed by atoms with Crippen molar-refractivity contribution in [3.63, 3.8) is 0 Å². The molecule has 0 heterocycles. The molecule has 1 aromatic carbocycles. The molecule has 0 aliphatic heterocycles. The van der Waals surface area contributed by atoms with Crippen LogP contribution in [0.5, 0.6) is 0 Å². The molecule has 0 aliphatic carbocycles. The summed E-state index contributed by atoms with van der Waals surface area (Å²) in [5.41, 5.74) is -0.0829. The number of carboxylic acid groups (broad SMARTS) is 1. The van der Waals surface area contributed by atoms with Crippen molar-refractivity contribution < 1.29 is 14.3 Å². The zero-order valence-electron chi connectivity index (χ0n) is 10.1. The molecule has 1 unspecified atom stereocenters. The van der Waals surface area contributed by atoms with Crippen LogP contribution in [0.25, 0.3) is 0 Å². The van der Waals surface area contributed by atoms with Crippen LogP contribution in [0.2, 0.25) is 5.02 Å². The molecule has 0 aromatic heterocycles. The van der Waals surface area contributed by atoms with Gasteiger partial charge >= 0.3 is 5.97 Å². The lowest BCUT2D eigenvalue weighted by atomic mass is 9.77. The van der Waals surface area contributed by atoms with Gasteiger partial charge in [0.15, 0.2) is 0 Å². The monoisotopic (exact) mass is 258 g/mol. The molecule has 2 nitrogen and oxygen atoms in total. The molecular formula is C13H16ClFO2. The third-order valence-electron chi connectivity index (χ3n) is 2.80. The molecule has 0 fully saturated rings. The number of carbonyl (C=O) groups is 1. The zero-order valence-corrected chi connectivity index (χ0v) is 10.9. The molecule has 0 saturated heterocycles. The minimum atomic E-state index is -0.920. The molecule has 4 heteroatoms. The quantitative estimate of drug-likeness (QED) is 0.896. The molecule has 0 bridgehead atoms. The van der Waals surface area contributed by atoms with E-state index in [-0.39, 0.29) is 11.4 Å². The normalized spacial score (nSPS) is 13.5. The summed E-state index contributed by atoms with van der Waals surface area (Å²) in [5.74, 6) is -2.09. The van der Waals surface area contributed by atoms with Gasteiger partial charge in [-0.2, -0.15) is 0 Å². The Morgan fingerprint density at radius 1 is 1.47 bits per heavy atom. The molecule has 0 spiro atoms. The highest BCUT2D eigenvalue weighted by Crippen LogP contribution is 2.31. The van der Waals surface area contributed by atoms with E-state index >= 15 is 0 Å². The van der Waals surface area contributed by atoms with Crippen LogP contribution >= 0.6 is 11.6 Å². The first-order valence-corrected chi connectivity index (χ1v) is 5.77. The molecule has 1 aromatic rings. The van der Waals surface area contributed by atoms with Crippen molar-refractivity contribution in [3.05, 3.63) is 34.6 Å². The summed E-state index contributed by atoms with van der Waals surface area (Å²) in [6.45, 7) is 5.48. The van der Waals surface area contributed by atoms with E-state index in [4.69, 9.17) is 11.6 Å². The van der Waals surface area contributed by atoms with Crippen LogP contribution in [-0.2, 0) is 11.2 Å². The highest BCUT2D eigenvalue weighted by molar-refractivity contribution is 6.30. The van der Waals surface area contributed by atoms with Crippen LogP contribution < -0.4 is 0 Å². The van der Waals surface area contributed by atoms with E-state index in [9.17, 15) is 14.3 Å². The average molecular weight is 259 g/mol. The maximum absolute atomic E-state index is 13.7. The first-order chi connectivity index (χ1) is 7.73. The summed E-state index contributed by atoms with van der Waals surface area (Å²) in [6.07, 6.45) is 0.144. The molecule has 1 N–H and O–H groups in total. The number of hydrogen-bond acceptors (Lipinski definition) is 1. The zero-order chi connectivity index (χ0) is 13.2. The molecule has 0 aliphatic rings. The second kappa shape index (κ2) is 5.05. The third kappa shape index (κ3) is 3.43. The van der Waals surface area contributed by atoms with Gasteiger partial charge < -0.3 is 5.11 Å². The average Bonchev–Trinajstić information content (AvgIpc) is 2.17. The van der Waals surface area contributed by atoms with Crippen molar-refractivity contribution >= 4 is 17.6 Å². The van der Waals surface area contributed by atoms with E-state index in [1.54, 1.807) is 12.1 Å². The number of benzene rings is 1. The summed E-state index contributed by atoms with van der Waals surface area (Å²) in [6, 6.07) is 4.65. The highest BCUT2D eigenvalue weighted by atomic mass is 35.5.